The second kappa shape index (κ2) is 14.5. The van der Waals surface area contributed by atoms with Crippen LogP contribution in [0.15, 0.2) is 77.7 Å². The lowest BCUT2D eigenvalue weighted by Gasteiger charge is -2.33. The predicted molar refractivity (Wildman–Crippen MR) is 161 cm³/mol. The molecule has 0 saturated heterocycles. The molecule has 0 aliphatic rings. The van der Waals surface area contributed by atoms with Crippen LogP contribution in [0.1, 0.15) is 44.2 Å². The van der Waals surface area contributed by atoms with E-state index < -0.39 is 28.5 Å². The third kappa shape index (κ3) is 7.99. The van der Waals surface area contributed by atoms with Crippen LogP contribution in [0.4, 0.5) is 5.69 Å². The van der Waals surface area contributed by atoms with E-state index in [2.05, 4.69) is 5.32 Å². The Kier molecular flexibility index (Phi) is 11.4. The molecule has 0 saturated carbocycles. The van der Waals surface area contributed by atoms with Gasteiger partial charge in [-0.25, -0.2) is 8.42 Å². The van der Waals surface area contributed by atoms with Crippen molar-refractivity contribution in [2.24, 2.45) is 0 Å². The molecule has 0 aliphatic heterocycles. The van der Waals surface area contributed by atoms with Gasteiger partial charge in [0.2, 0.25) is 11.8 Å². The summed E-state index contributed by atoms with van der Waals surface area (Å²) in [6, 6.07) is 19.1. The van der Waals surface area contributed by atoms with Gasteiger partial charge >= 0.3 is 0 Å². The van der Waals surface area contributed by atoms with Crippen molar-refractivity contribution in [2.45, 2.75) is 57.5 Å². The number of rotatable bonds is 13. The molecule has 3 aromatic carbocycles. The molecule has 3 rings (SSSR count). The number of nitrogens with zero attached hydrogens (tertiary/aromatic N) is 2. The normalized spacial score (nSPS) is 12.0. The fraction of sp³-hybridized carbons (Fsp3) is 0.333. The summed E-state index contributed by atoms with van der Waals surface area (Å²) in [5.41, 5.74) is 1.99. The van der Waals surface area contributed by atoms with Crippen molar-refractivity contribution in [2.75, 3.05) is 17.4 Å². The second-order valence-electron chi connectivity index (χ2n) is 9.50. The molecule has 0 unspecified atom stereocenters. The highest BCUT2D eigenvalue weighted by Gasteiger charge is 2.34. The molecule has 2 amide bonds. The molecule has 0 radical (unpaired) electrons. The molecule has 10 heteroatoms. The Bertz CT molecular complexity index is 1400. The van der Waals surface area contributed by atoms with Crippen molar-refractivity contribution in [3.8, 4) is 0 Å². The van der Waals surface area contributed by atoms with Gasteiger partial charge in [0.1, 0.15) is 12.6 Å². The number of carbonyl (C=O) groups excluding carboxylic acids is 2. The van der Waals surface area contributed by atoms with E-state index in [1.54, 1.807) is 18.2 Å². The van der Waals surface area contributed by atoms with Gasteiger partial charge in [-0.15, -0.1) is 0 Å². The molecule has 3 aromatic rings. The molecule has 0 bridgehead atoms. The molecule has 7 nitrogen and oxygen atoms in total. The van der Waals surface area contributed by atoms with Crippen LogP contribution < -0.4 is 9.62 Å². The molecule has 1 N–H and O–H groups in total. The van der Waals surface area contributed by atoms with Crippen molar-refractivity contribution in [3.05, 3.63) is 94.0 Å². The topological polar surface area (TPSA) is 86.8 Å². The van der Waals surface area contributed by atoms with Crippen LogP contribution in [0.5, 0.6) is 0 Å². The number of aryl methyl sites for hydroxylation is 1. The molecule has 40 heavy (non-hydrogen) atoms. The maximum atomic E-state index is 14.1. The molecule has 0 aromatic heterocycles. The summed E-state index contributed by atoms with van der Waals surface area (Å²) < 4.78 is 28.7. The molecule has 214 valence electrons. The molecule has 0 spiro atoms. The van der Waals surface area contributed by atoms with E-state index in [1.807, 2.05) is 45.0 Å². The number of halogens is 2. The zero-order chi connectivity index (χ0) is 29.3. The van der Waals surface area contributed by atoms with E-state index in [-0.39, 0.29) is 28.1 Å². The third-order valence-electron chi connectivity index (χ3n) is 6.48. The quantitative estimate of drug-likeness (QED) is 0.235. The molecule has 0 aliphatic carbocycles. The molecule has 0 heterocycles. The number of unbranched alkanes of at least 4 members (excludes halogenated alkanes) is 1. The predicted octanol–water partition coefficient (Wildman–Crippen LogP) is 6.22. The minimum Gasteiger partial charge on any atom is -0.354 e. The molecular formula is C30H35Cl2N3O4S. The van der Waals surface area contributed by atoms with Crippen molar-refractivity contribution >= 4 is 50.7 Å². The molecular weight excluding hydrogens is 569 g/mol. The van der Waals surface area contributed by atoms with Gasteiger partial charge in [-0.1, -0.05) is 91.5 Å². The number of carbonyl (C=O) groups is 2. The Morgan fingerprint density at radius 2 is 1.62 bits per heavy atom. The van der Waals surface area contributed by atoms with Crippen molar-refractivity contribution < 1.29 is 18.0 Å². The minimum atomic E-state index is -4.21. The van der Waals surface area contributed by atoms with E-state index in [0.717, 1.165) is 28.3 Å². The summed E-state index contributed by atoms with van der Waals surface area (Å²) in [4.78, 5) is 28.7. The number of anilines is 1. The maximum Gasteiger partial charge on any atom is 0.264 e. The van der Waals surface area contributed by atoms with Crippen LogP contribution in [0, 0.1) is 6.92 Å². The zero-order valence-electron chi connectivity index (χ0n) is 22.9. The monoisotopic (exact) mass is 603 g/mol. The lowest BCUT2D eigenvalue weighted by molar-refractivity contribution is -0.140. The minimum absolute atomic E-state index is 0.00301. The van der Waals surface area contributed by atoms with Gasteiger partial charge < -0.3 is 10.2 Å². The average molecular weight is 605 g/mol. The van der Waals surface area contributed by atoms with Crippen LogP contribution in [0.25, 0.3) is 0 Å². The first-order chi connectivity index (χ1) is 19.1. The Balaban J connectivity index is 2.05. The largest absolute Gasteiger partial charge is 0.354 e. The van der Waals surface area contributed by atoms with Gasteiger partial charge in [-0.3, -0.25) is 13.9 Å². The van der Waals surface area contributed by atoms with Crippen LogP contribution in [0.2, 0.25) is 10.0 Å². The fourth-order valence-electron chi connectivity index (χ4n) is 4.23. The van der Waals surface area contributed by atoms with Gasteiger partial charge in [-0.2, -0.15) is 0 Å². The summed E-state index contributed by atoms with van der Waals surface area (Å²) in [6.07, 6.45) is 2.08. The lowest BCUT2D eigenvalue weighted by Crippen LogP contribution is -2.52. The standard InChI is InChI=1S/C30H35Cl2N3O4S/c1-4-6-18-33-30(37)27(5-2)34(20-23-14-12-22(3)13-15-23)29(36)21-35(28-17-16-24(31)19-26(28)32)40(38,39)25-10-8-7-9-11-25/h7-17,19,27H,4-6,18,20-21H2,1-3H3,(H,33,37)/t27-/m0/s1. The van der Waals surface area contributed by atoms with Crippen LogP contribution >= 0.6 is 23.2 Å². The highest BCUT2D eigenvalue weighted by molar-refractivity contribution is 7.92. The lowest BCUT2D eigenvalue weighted by atomic mass is 10.1. The van der Waals surface area contributed by atoms with Crippen molar-refractivity contribution in [1.82, 2.24) is 10.2 Å². The third-order valence-corrected chi connectivity index (χ3v) is 8.79. The van der Waals surface area contributed by atoms with E-state index in [4.69, 9.17) is 23.2 Å². The second-order valence-corrected chi connectivity index (χ2v) is 12.2. The number of hydrogen-bond acceptors (Lipinski definition) is 4. The Morgan fingerprint density at radius 3 is 2.23 bits per heavy atom. The number of benzene rings is 3. The first-order valence-electron chi connectivity index (χ1n) is 13.2. The van der Waals surface area contributed by atoms with Gasteiger partial charge in [0, 0.05) is 18.1 Å². The summed E-state index contributed by atoms with van der Waals surface area (Å²) in [5.74, 6) is -0.818. The molecule has 1 atom stereocenters. The van der Waals surface area contributed by atoms with Gasteiger partial charge in [0.25, 0.3) is 10.0 Å². The Labute approximate surface area is 247 Å². The summed E-state index contributed by atoms with van der Waals surface area (Å²) >= 11 is 12.5. The van der Waals surface area contributed by atoms with E-state index >= 15 is 0 Å². The number of amides is 2. The smallest absolute Gasteiger partial charge is 0.264 e. The van der Waals surface area contributed by atoms with Gasteiger partial charge in [0.05, 0.1) is 15.6 Å². The van der Waals surface area contributed by atoms with E-state index in [1.165, 1.54) is 35.2 Å². The van der Waals surface area contributed by atoms with Crippen LogP contribution in [0.3, 0.4) is 0 Å². The SMILES string of the molecule is CCCCNC(=O)[C@H](CC)N(Cc1ccc(C)cc1)C(=O)CN(c1ccc(Cl)cc1Cl)S(=O)(=O)c1ccccc1. The van der Waals surface area contributed by atoms with Crippen LogP contribution in [-0.2, 0) is 26.2 Å². The number of sulfonamides is 1. The number of hydrogen-bond donors (Lipinski definition) is 1. The first kappa shape index (κ1) is 31.5. The fourth-order valence-corrected chi connectivity index (χ4v) is 6.25. The van der Waals surface area contributed by atoms with E-state index in [9.17, 15) is 18.0 Å². The summed E-state index contributed by atoms with van der Waals surface area (Å²) in [5, 5.41) is 3.33. The molecule has 0 fully saturated rings. The van der Waals surface area contributed by atoms with Crippen molar-refractivity contribution in [1.29, 1.82) is 0 Å². The first-order valence-corrected chi connectivity index (χ1v) is 15.4. The highest BCUT2D eigenvalue weighted by atomic mass is 35.5. The number of nitrogens with one attached hydrogen (secondary N) is 1. The van der Waals surface area contributed by atoms with Crippen LogP contribution in [-0.4, -0.2) is 44.3 Å². The van der Waals surface area contributed by atoms with Gasteiger partial charge in [0.15, 0.2) is 0 Å². The maximum absolute atomic E-state index is 14.1. The van der Waals surface area contributed by atoms with E-state index in [0.29, 0.717) is 18.0 Å². The summed E-state index contributed by atoms with van der Waals surface area (Å²) in [7, 11) is -4.21. The average Bonchev–Trinajstić information content (AvgIpc) is 2.93. The zero-order valence-corrected chi connectivity index (χ0v) is 25.3. The Hall–Kier alpha value is -3.07. The summed E-state index contributed by atoms with van der Waals surface area (Å²) in [6.45, 7) is 5.88. The Morgan fingerprint density at radius 1 is 0.950 bits per heavy atom. The van der Waals surface area contributed by atoms with Gasteiger partial charge in [-0.05, 0) is 55.7 Å². The highest BCUT2D eigenvalue weighted by Crippen LogP contribution is 2.33. The van der Waals surface area contributed by atoms with Crippen molar-refractivity contribution in [3.63, 3.8) is 0 Å².